The van der Waals surface area contributed by atoms with Crippen molar-refractivity contribution in [2.45, 2.75) is 0 Å². The summed E-state index contributed by atoms with van der Waals surface area (Å²) in [5, 5.41) is 8.55. The van der Waals surface area contributed by atoms with E-state index in [2.05, 4.69) is 0 Å². The molecule has 5 heteroatoms. The molecule has 1 aromatic rings. The van der Waals surface area contributed by atoms with E-state index in [1.165, 1.54) is 12.1 Å². The molecule has 0 heterocycles. The van der Waals surface area contributed by atoms with Crippen LogP contribution in [0.4, 0.5) is 4.39 Å². The van der Waals surface area contributed by atoms with Crippen LogP contribution in [-0.4, -0.2) is 24.2 Å². The quantitative estimate of drug-likeness (QED) is 0.754. The standard InChI is InChI=1S/C9H10FNO3/c10-7-5-6(9(12)13)1-2-8(7)14-4-3-11/h1-2,5H,3-4,11H2,(H,12,13). The summed E-state index contributed by atoms with van der Waals surface area (Å²) in [4.78, 5) is 10.5. The van der Waals surface area contributed by atoms with Gasteiger partial charge in [0.05, 0.1) is 5.56 Å². The van der Waals surface area contributed by atoms with Crippen molar-refractivity contribution in [2.24, 2.45) is 5.73 Å². The number of aromatic carboxylic acids is 1. The number of hydrogen-bond donors (Lipinski definition) is 2. The van der Waals surface area contributed by atoms with Crippen LogP contribution in [-0.2, 0) is 0 Å². The molecule has 0 atom stereocenters. The van der Waals surface area contributed by atoms with Crippen molar-refractivity contribution in [1.29, 1.82) is 0 Å². The van der Waals surface area contributed by atoms with E-state index in [0.29, 0.717) is 0 Å². The molecule has 76 valence electrons. The molecule has 1 aromatic carbocycles. The van der Waals surface area contributed by atoms with Gasteiger partial charge < -0.3 is 15.6 Å². The first-order valence-corrected chi connectivity index (χ1v) is 4.01. The zero-order valence-corrected chi connectivity index (χ0v) is 7.37. The molecule has 0 bridgehead atoms. The molecular weight excluding hydrogens is 189 g/mol. The van der Waals surface area contributed by atoms with Gasteiger partial charge in [-0.3, -0.25) is 0 Å². The van der Waals surface area contributed by atoms with Crippen LogP contribution >= 0.6 is 0 Å². The molecule has 0 aliphatic heterocycles. The average Bonchev–Trinajstić information content (AvgIpc) is 2.15. The Kier molecular flexibility index (Phi) is 3.41. The molecule has 0 fully saturated rings. The maximum Gasteiger partial charge on any atom is 0.335 e. The molecule has 0 aliphatic rings. The highest BCUT2D eigenvalue weighted by Crippen LogP contribution is 2.17. The van der Waals surface area contributed by atoms with Crippen molar-refractivity contribution in [3.63, 3.8) is 0 Å². The molecule has 0 aromatic heterocycles. The second-order valence-electron chi connectivity index (χ2n) is 2.59. The van der Waals surface area contributed by atoms with Gasteiger partial charge in [0.15, 0.2) is 11.6 Å². The maximum atomic E-state index is 13.1. The topological polar surface area (TPSA) is 72.5 Å². The minimum absolute atomic E-state index is 0.0143. The van der Waals surface area contributed by atoms with Gasteiger partial charge in [0.2, 0.25) is 0 Å². The Hall–Kier alpha value is -1.62. The summed E-state index contributed by atoms with van der Waals surface area (Å²) in [7, 11) is 0. The smallest absolute Gasteiger partial charge is 0.335 e. The number of hydrogen-bond acceptors (Lipinski definition) is 3. The minimum atomic E-state index is -1.17. The Labute approximate surface area is 80.1 Å². The highest BCUT2D eigenvalue weighted by molar-refractivity contribution is 5.87. The van der Waals surface area contributed by atoms with Crippen LogP contribution < -0.4 is 10.5 Å². The third kappa shape index (κ3) is 2.43. The van der Waals surface area contributed by atoms with Crippen molar-refractivity contribution in [3.05, 3.63) is 29.6 Å². The molecule has 0 saturated carbocycles. The lowest BCUT2D eigenvalue weighted by atomic mass is 10.2. The van der Waals surface area contributed by atoms with Gasteiger partial charge in [0.25, 0.3) is 0 Å². The molecule has 0 spiro atoms. The van der Waals surface area contributed by atoms with E-state index < -0.39 is 11.8 Å². The van der Waals surface area contributed by atoms with Crippen LogP contribution in [0.2, 0.25) is 0 Å². The van der Waals surface area contributed by atoms with Crippen LogP contribution in [0, 0.1) is 5.82 Å². The second kappa shape index (κ2) is 4.57. The zero-order valence-electron chi connectivity index (χ0n) is 7.37. The molecule has 14 heavy (non-hydrogen) atoms. The summed E-state index contributed by atoms with van der Waals surface area (Å²) in [5.74, 6) is -1.85. The maximum absolute atomic E-state index is 13.1. The third-order valence-corrected chi connectivity index (χ3v) is 1.55. The van der Waals surface area contributed by atoms with Crippen LogP contribution in [0.3, 0.4) is 0 Å². The molecule has 3 N–H and O–H groups in total. The van der Waals surface area contributed by atoms with Gasteiger partial charge in [-0.25, -0.2) is 9.18 Å². The SMILES string of the molecule is NCCOc1ccc(C(=O)O)cc1F. The Morgan fingerprint density at radius 2 is 2.29 bits per heavy atom. The second-order valence-corrected chi connectivity index (χ2v) is 2.59. The van der Waals surface area contributed by atoms with Gasteiger partial charge in [0, 0.05) is 6.54 Å². The average molecular weight is 199 g/mol. The van der Waals surface area contributed by atoms with Crippen molar-refractivity contribution in [1.82, 2.24) is 0 Å². The van der Waals surface area contributed by atoms with Gasteiger partial charge in [-0.1, -0.05) is 0 Å². The number of carboxylic acid groups (broad SMARTS) is 1. The molecule has 1 rings (SSSR count). The van der Waals surface area contributed by atoms with Crippen LogP contribution in [0.5, 0.6) is 5.75 Å². The number of ether oxygens (including phenoxy) is 1. The Balaban J connectivity index is 2.84. The lowest BCUT2D eigenvalue weighted by molar-refractivity contribution is 0.0696. The lowest BCUT2D eigenvalue weighted by Gasteiger charge is -2.05. The molecular formula is C9H10FNO3. The largest absolute Gasteiger partial charge is 0.489 e. The highest BCUT2D eigenvalue weighted by Gasteiger charge is 2.08. The van der Waals surface area contributed by atoms with E-state index in [0.717, 1.165) is 6.07 Å². The number of benzene rings is 1. The molecule has 0 radical (unpaired) electrons. The van der Waals surface area contributed by atoms with Gasteiger partial charge in [-0.15, -0.1) is 0 Å². The lowest BCUT2D eigenvalue weighted by Crippen LogP contribution is -2.11. The van der Waals surface area contributed by atoms with E-state index in [1.807, 2.05) is 0 Å². The summed E-state index contributed by atoms with van der Waals surface area (Å²) < 4.78 is 18.0. The first kappa shape index (κ1) is 10.5. The molecule has 4 nitrogen and oxygen atoms in total. The number of halogens is 1. The van der Waals surface area contributed by atoms with Gasteiger partial charge in [0.1, 0.15) is 6.61 Å². The van der Waals surface area contributed by atoms with E-state index in [-0.39, 0.29) is 24.5 Å². The van der Waals surface area contributed by atoms with Gasteiger partial charge in [-0.2, -0.15) is 0 Å². The highest BCUT2D eigenvalue weighted by atomic mass is 19.1. The summed E-state index contributed by atoms with van der Waals surface area (Å²) in [6, 6.07) is 3.46. The van der Waals surface area contributed by atoms with Gasteiger partial charge in [-0.05, 0) is 18.2 Å². The fraction of sp³-hybridized carbons (Fsp3) is 0.222. The minimum Gasteiger partial charge on any atom is -0.489 e. The summed E-state index contributed by atoms with van der Waals surface area (Å²) >= 11 is 0. The predicted octanol–water partition coefficient (Wildman–Crippen LogP) is 0.861. The van der Waals surface area contributed by atoms with E-state index in [9.17, 15) is 9.18 Å². The third-order valence-electron chi connectivity index (χ3n) is 1.55. The predicted molar refractivity (Wildman–Crippen MR) is 47.9 cm³/mol. The molecule has 0 saturated heterocycles. The number of carboxylic acids is 1. The molecule has 0 unspecified atom stereocenters. The van der Waals surface area contributed by atoms with E-state index in [1.54, 1.807) is 0 Å². The van der Waals surface area contributed by atoms with Crippen LogP contribution in [0.15, 0.2) is 18.2 Å². The van der Waals surface area contributed by atoms with Crippen LogP contribution in [0.1, 0.15) is 10.4 Å². The first-order valence-electron chi connectivity index (χ1n) is 4.01. The van der Waals surface area contributed by atoms with Crippen molar-refractivity contribution >= 4 is 5.97 Å². The van der Waals surface area contributed by atoms with Crippen molar-refractivity contribution in [2.75, 3.05) is 13.2 Å². The number of nitrogens with two attached hydrogens (primary N) is 1. The summed E-state index contributed by atoms with van der Waals surface area (Å²) in [6.45, 7) is 0.476. The first-order chi connectivity index (χ1) is 6.65. The molecule has 0 amide bonds. The summed E-state index contributed by atoms with van der Waals surface area (Å²) in [5.41, 5.74) is 5.05. The van der Waals surface area contributed by atoms with Crippen molar-refractivity contribution in [3.8, 4) is 5.75 Å². The Morgan fingerprint density at radius 3 is 2.79 bits per heavy atom. The normalized spacial score (nSPS) is 9.86. The van der Waals surface area contributed by atoms with E-state index in [4.69, 9.17) is 15.6 Å². The van der Waals surface area contributed by atoms with Crippen LogP contribution in [0.25, 0.3) is 0 Å². The number of rotatable bonds is 4. The van der Waals surface area contributed by atoms with Gasteiger partial charge >= 0.3 is 5.97 Å². The Bertz CT molecular complexity index is 341. The van der Waals surface area contributed by atoms with Crippen molar-refractivity contribution < 1.29 is 19.0 Å². The summed E-state index contributed by atoms with van der Waals surface area (Å²) in [6.07, 6.45) is 0. The monoisotopic (exact) mass is 199 g/mol. The number of carbonyl (C=O) groups is 1. The Morgan fingerprint density at radius 1 is 1.57 bits per heavy atom. The fourth-order valence-electron chi connectivity index (χ4n) is 0.920. The zero-order chi connectivity index (χ0) is 10.6. The molecule has 0 aliphatic carbocycles. The fourth-order valence-corrected chi connectivity index (χ4v) is 0.920. The van der Waals surface area contributed by atoms with E-state index >= 15 is 0 Å².